The van der Waals surface area contributed by atoms with Crippen LogP contribution in [0, 0.1) is 0 Å². The lowest BCUT2D eigenvalue weighted by atomic mass is 9.92. The van der Waals surface area contributed by atoms with Gasteiger partial charge in [-0.1, -0.05) is 42.5 Å². The summed E-state index contributed by atoms with van der Waals surface area (Å²) in [5, 5.41) is 11.7. The third-order valence-corrected chi connectivity index (χ3v) is 5.10. The number of allylic oxidation sites excluding steroid dienone is 1. The third kappa shape index (κ3) is 7.42. The lowest BCUT2D eigenvalue weighted by Crippen LogP contribution is -2.33. The molecule has 0 unspecified atom stereocenters. The van der Waals surface area contributed by atoms with E-state index in [4.69, 9.17) is 24.1 Å². The number of hydrogen-bond acceptors (Lipinski definition) is 7. The van der Waals surface area contributed by atoms with E-state index < -0.39 is 12.3 Å². The van der Waals surface area contributed by atoms with Crippen LogP contribution in [0.5, 0.6) is 0 Å². The summed E-state index contributed by atoms with van der Waals surface area (Å²) in [6, 6.07) is 16.7. The van der Waals surface area contributed by atoms with Gasteiger partial charge in [-0.25, -0.2) is 4.79 Å². The van der Waals surface area contributed by atoms with Crippen LogP contribution >= 0.6 is 0 Å². The van der Waals surface area contributed by atoms with Gasteiger partial charge in [-0.05, 0) is 29.3 Å². The number of hydrogen-bond donors (Lipinski definition) is 2. The monoisotopic (exact) mass is 455 g/mol. The summed E-state index contributed by atoms with van der Waals surface area (Å²) in [6.45, 7) is 1.12. The van der Waals surface area contributed by atoms with Crippen LogP contribution in [0.1, 0.15) is 33.8 Å². The van der Waals surface area contributed by atoms with Gasteiger partial charge in [-0.2, -0.15) is 0 Å². The molecule has 0 aliphatic carbocycles. The zero-order chi connectivity index (χ0) is 23.5. The van der Waals surface area contributed by atoms with E-state index in [0.29, 0.717) is 25.1 Å². The normalized spacial score (nSPS) is 17.6. The molecule has 33 heavy (non-hydrogen) atoms. The number of rotatable bonds is 11. The van der Waals surface area contributed by atoms with E-state index in [1.54, 1.807) is 18.2 Å². The van der Waals surface area contributed by atoms with Crippen molar-refractivity contribution in [3.8, 4) is 0 Å². The maximum atomic E-state index is 12.8. The van der Waals surface area contributed by atoms with Gasteiger partial charge in [0.05, 0.1) is 39.1 Å². The van der Waals surface area contributed by atoms with E-state index in [1.165, 1.54) is 7.11 Å². The number of nitrogens with one attached hydrogen (secondary N) is 1. The number of esters is 1. The molecule has 8 nitrogen and oxygen atoms in total. The molecule has 1 aliphatic heterocycles. The molecule has 0 spiro atoms. The summed E-state index contributed by atoms with van der Waals surface area (Å²) in [5.41, 5.74) is 2.35. The van der Waals surface area contributed by atoms with Gasteiger partial charge in [0, 0.05) is 18.9 Å². The van der Waals surface area contributed by atoms with E-state index in [-0.39, 0.29) is 37.4 Å². The van der Waals surface area contributed by atoms with E-state index in [2.05, 4.69) is 5.32 Å². The highest BCUT2D eigenvalue weighted by Gasteiger charge is 2.29. The quantitative estimate of drug-likeness (QED) is 0.396. The highest BCUT2D eigenvalue weighted by molar-refractivity contribution is 5.91. The molecule has 2 N–H and O–H groups in total. The van der Waals surface area contributed by atoms with Gasteiger partial charge >= 0.3 is 5.97 Å². The summed E-state index contributed by atoms with van der Waals surface area (Å²) in [7, 11) is 1.34. The number of ether oxygens (including phenoxy) is 4. The molecule has 0 fully saturated rings. The van der Waals surface area contributed by atoms with Gasteiger partial charge in [0.25, 0.3) is 5.91 Å². The topological polar surface area (TPSA) is 103 Å². The maximum Gasteiger partial charge on any atom is 0.337 e. The van der Waals surface area contributed by atoms with Crippen molar-refractivity contribution in [1.82, 2.24) is 5.32 Å². The SMILES string of the molecule is COC(=O)c1ccc([C@H]2C=C(C(=O)NCc3ccccc3)O[C@@H](OCCOCCO)C2)cc1. The predicted octanol–water partition coefficient (Wildman–Crippen LogP) is 2.53. The molecule has 3 rings (SSSR count). The lowest BCUT2D eigenvalue weighted by Gasteiger charge is -2.29. The number of methoxy groups -OCH3 is 1. The first kappa shape index (κ1) is 24.4. The maximum absolute atomic E-state index is 12.8. The zero-order valence-corrected chi connectivity index (χ0v) is 18.6. The number of amides is 1. The summed E-state index contributed by atoms with van der Waals surface area (Å²) < 4.78 is 21.6. The second-order valence-electron chi connectivity index (χ2n) is 7.41. The summed E-state index contributed by atoms with van der Waals surface area (Å²) in [5.74, 6) is -0.708. The van der Waals surface area contributed by atoms with Gasteiger partial charge in [-0.3, -0.25) is 4.79 Å². The molecule has 1 heterocycles. The average molecular weight is 456 g/mol. The van der Waals surface area contributed by atoms with E-state index in [9.17, 15) is 9.59 Å². The highest BCUT2D eigenvalue weighted by Crippen LogP contribution is 2.31. The van der Waals surface area contributed by atoms with Crippen LogP contribution in [-0.4, -0.2) is 56.8 Å². The second kappa shape index (κ2) is 12.7. The summed E-state index contributed by atoms with van der Waals surface area (Å²) in [4.78, 5) is 24.5. The molecule has 0 bridgehead atoms. The first-order valence-electron chi connectivity index (χ1n) is 10.8. The second-order valence-corrected chi connectivity index (χ2v) is 7.41. The molecule has 8 heteroatoms. The fraction of sp³-hybridized carbons (Fsp3) is 0.360. The number of aliphatic hydroxyl groups is 1. The van der Waals surface area contributed by atoms with Crippen molar-refractivity contribution in [1.29, 1.82) is 0 Å². The van der Waals surface area contributed by atoms with Crippen molar-refractivity contribution in [2.24, 2.45) is 0 Å². The highest BCUT2D eigenvalue weighted by atomic mass is 16.7. The third-order valence-electron chi connectivity index (χ3n) is 5.10. The molecule has 0 saturated carbocycles. The minimum absolute atomic E-state index is 0.0575. The van der Waals surface area contributed by atoms with Crippen LogP contribution in [-0.2, 0) is 30.3 Å². The largest absolute Gasteiger partial charge is 0.465 e. The van der Waals surface area contributed by atoms with Gasteiger partial charge in [-0.15, -0.1) is 0 Å². The molecule has 2 atom stereocenters. The smallest absolute Gasteiger partial charge is 0.337 e. The molecular formula is C25H29NO7. The van der Waals surface area contributed by atoms with Crippen molar-refractivity contribution >= 4 is 11.9 Å². The molecule has 0 aromatic heterocycles. The Labute approximate surface area is 193 Å². The van der Waals surface area contributed by atoms with Crippen LogP contribution in [0.25, 0.3) is 0 Å². The van der Waals surface area contributed by atoms with Gasteiger partial charge in [0.15, 0.2) is 5.76 Å². The minimum Gasteiger partial charge on any atom is -0.465 e. The van der Waals surface area contributed by atoms with Crippen LogP contribution in [0.4, 0.5) is 0 Å². The van der Waals surface area contributed by atoms with Crippen molar-refractivity contribution in [2.75, 3.05) is 33.5 Å². The Bertz CT molecular complexity index is 928. The number of benzene rings is 2. The van der Waals surface area contributed by atoms with E-state index >= 15 is 0 Å². The lowest BCUT2D eigenvalue weighted by molar-refractivity contribution is -0.151. The van der Waals surface area contributed by atoms with Crippen molar-refractivity contribution in [3.63, 3.8) is 0 Å². The average Bonchev–Trinajstić information content (AvgIpc) is 2.87. The first-order valence-corrected chi connectivity index (χ1v) is 10.8. The van der Waals surface area contributed by atoms with Gasteiger partial charge in [0.1, 0.15) is 0 Å². The van der Waals surface area contributed by atoms with Crippen LogP contribution < -0.4 is 5.32 Å². The van der Waals surface area contributed by atoms with E-state index in [0.717, 1.165) is 11.1 Å². The zero-order valence-electron chi connectivity index (χ0n) is 18.6. The Balaban J connectivity index is 1.70. The van der Waals surface area contributed by atoms with Crippen molar-refractivity contribution in [2.45, 2.75) is 25.2 Å². The standard InChI is InChI=1S/C25H29NO7/c1-30-25(29)20-9-7-19(8-10-20)21-15-22(24(28)26-17-18-5-3-2-4-6-18)33-23(16-21)32-14-13-31-12-11-27/h2-10,15,21,23,27H,11-14,16-17H2,1H3,(H,26,28)/t21-,23+/m0/s1. The molecular weight excluding hydrogens is 426 g/mol. The van der Waals surface area contributed by atoms with Crippen LogP contribution in [0.15, 0.2) is 66.4 Å². The molecule has 2 aromatic carbocycles. The molecule has 176 valence electrons. The number of carbonyl (C=O) groups excluding carboxylic acids is 2. The fourth-order valence-electron chi connectivity index (χ4n) is 3.41. The van der Waals surface area contributed by atoms with Crippen LogP contribution in [0.3, 0.4) is 0 Å². The van der Waals surface area contributed by atoms with Gasteiger partial charge < -0.3 is 29.4 Å². The Morgan fingerprint density at radius 2 is 1.82 bits per heavy atom. The van der Waals surface area contributed by atoms with Crippen molar-refractivity contribution < 1.29 is 33.6 Å². The van der Waals surface area contributed by atoms with Crippen molar-refractivity contribution in [3.05, 3.63) is 83.1 Å². The number of aliphatic hydroxyl groups excluding tert-OH is 1. The fourth-order valence-corrected chi connectivity index (χ4v) is 3.41. The van der Waals surface area contributed by atoms with Crippen LogP contribution in [0.2, 0.25) is 0 Å². The summed E-state index contributed by atoms with van der Waals surface area (Å²) in [6.07, 6.45) is 1.62. The minimum atomic E-state index is -0.643. The number of carbonyl (C=O) groups is 2. The predicted molar refractivity (Wildman–Crippen MR) is 120 cm³/mol. The Morgan fingerprint density at radius 1 is 1.06 bits per heavy atom. The summed E-state index contributed by atoms with van der Waals surface area (Å²) >= 11 is 0. The van der Waals surface area contributed by atoms with E-state index in [1.807, 2.05) is 42.5 Å². The molecule has 0 radical (unpaired) electrons. The van der Waals surface area contributed by atoms with Gasteiger partial charge in [0.2, 0.25) is 6.29 Å². The Morgan fingerprint density at radius 3 is 2.52 bits per heavy atom. The molecule has 1 amide bonds. The Kier molecular flexibility index (Phi) is 9.44. The molecule has 1 aliphatic rings. The Hall–Kier alpha value is -3.20. The molecule has 2 aromatic rings. The molecule has 0 saturated heterocycles. The first-order chi connectivity index (χ1) is 16.1.